The minimum atomic E-state index is 0.0548. The van der Waals surface area contributed by atoms with Gasteiger partial charge in [0.2, 0.25) is 5.91 Å². The van der Waals surface area contributed by atoms with Crippen molar-refractivity contribution in [3.8, 4) is 0 Å². The third-order valence-corrected chi connectivity index (χ3v) is 2.92. The van der Waals surface area contributed by atoms with Crippen LogP contribution in [0.2, 0.25) is 0 Å². The molecule has 0 aromatic rings. The minimum Gasteiger partial charge on any atom is -0.353 e. The maximum atomic E-state index is 11.6. The molecule has 1 amide bonds. The number of hydrogen-bond acceptors (Lipinski definition) is 3. The first kappa shape index (κ1) is 13.2. The SMILES string of the molecule is CCC1CN(CC(=O)NC(C)C)CCC1=O. The number of rotatable bonds is 4. The van der Waals surface area contributed by atoms with E-state index in [1.807, 2.05) is 20.8 Å². The summed E-state index contributed by atoms with van der Waals surface area (Å²) >= 11 is 0. The molecule has 0 spiro atoms. The largest absolute Gasteiger partial charge is 0.353 e. The van der Waals surface area contributed by atoms with E-state index >= 15 is 0 Å². The molecular formula is C12H22N2O2. The van der Waals surface area contributed by atoms with Crippen LogP contribution < -0.4 is 5.32 Å². The molecule has 0 radical (unpaired) electrons. The maximum absolute atomic E-state index is 11.6. The molecule has 0 saturated carbocycles. The molecule has 1 saturated heterocycles. The summed E-state index contributed by atoms with van der Waals surface area (Å²) < 4.78 is 0. The summed E-state index contributed by atoms with van der Waals surface area (Å²) in [5, 5.41) is 2.87. The third kappa shape index (κ3) is 3.93. The van der Waals surface area contributed by atoms with Crippen molar-refractivity contribution in [1.82, 2.24) is 10.2 Å². The molecule has 1 aliphatic rings. The van der Waals surface area contributed by atoms with E-state index in [0.29, 0.717) is 18.7 Å². The number of Topliss-reactive ketones (excluding diaryl/α,β-unsaturated/α-hetero) is 1. The van der Waals surface area contributed by atoms with E-state index in [1.165, 1.54) is 0 Å². The highest BCUT2D eigenvalue weighted by atomic mass is 16.2. The zero-order chi connectivity index (χ0) is 12.1. The molecule has 92 valence electrons. The van der Waals surface area contributed by atoms with Gasteiger partial charge in [0.25, 0.3) is 0 Å². The fraction of sp³-hybridized carbons (Fsp3) is 0.833. The van der Waals surface area contributed by atoms with Crippen LogP contribution in [0.4, 0.5) is 0 Å². The van der Waals surface area contributed by atoms with Gasteiger partial charge >= 0.3 is 0 Å². The van der Waals surface area contributed by atoms with E-state index in [9.17, 15) is 9.59 Å². The predicted molar refractivity (Wildman–Crippen MR) is 63.1 cm³/mol. The average molecular weight is 226 g/mol. The van der Waals surface area contributed by atoms with E-state index in [2.05, 4.69) is 10.2 Å². The number of hydrogen-bond donors (Lipinski definition) is 1. The molecule has 16 heavy (non-hydrogen) atoms. The summed E-state index contributed by atoms with van der Waals surface area (Å²) in [5.74, 6) is 0.530. The Balaban J connectivity index is 2.38. The van der Waals surface area contributed by atoms with Crippen LogP contribution in [0.5, 0.6) is 0 Å². The molecule has 4 heteroatoms. The van der Waals surface area contributed by atoms with Crippen LogP contribution in [0.3, 0.4) is 0 Å². The molecule has 4 nitrogen and oxygen atoms in total. The predicted octanol–water partition coefficient (Wildman–Crippen LogP) is 0.812. The second-order valence-electron chi connectivity index (χ2n) is 4.78. The van der Waals surface area contributed by atoms with E-state index in [4.69, 9.17) is 0 Å². The second kappa shape index (κ2) is 5.99. The van der Waals surface area contributed by atoms with Gasteiger partial charge in [-0.15, -0.1) is 0 Å². The van der Waals surface area contributed by atoms with Crippen LogP contribution in [0, 0.1) is 5.92 Å². The topological polar surface area (TPSA) is 49.4 Å². The smallest absolute Gasteiger partial charge is 0.234 e. The Hall–Kier alpha value is -0.900. The van der Waals surface area contributed by atoms with Gasteiger partial charge in [0.15, 0.2) is 0 Å². The van der Waals surface area contributed by atoms with Gasteiger partial charge in [0.1, 0.15) is 5.78 Å². The first-order valence-electron chi connectivity index (χ1n) is 6.07. The van der Waals surface area contributed by atoms with Crippen molar-refractivity contribution in [3.05, 3.63) is 0 Å². The number of nitrogens with zero attached hydrogens (tertiary/aromatic N) is 1. The summed E-state index contributed by atoms with van der Waals surface area (Å²) in [7, 11) is 0. The van der Waals surface area contributed by atoms with Crippen molar-refractivity contribution in [2.45, 2.75) is 39.7 Å². The molecule has 1 heterocycles. The Kier molecular flexibility index (Phi) is 4.93. The highest BCUT2D eigenvalue weighted by Crippen LogP contribution is 2.15. The van der Waals surface area contributed by atoms with Gasteiger partial charge < -0.3 is 5.32 Å². The van der Waals surface area contributed by atoms with E-state index < -0.39 is 0 Å². The average Bonchev–Trinajstić information content (AvgIpc) is 2.19. The fourth-order valence-electron chi connectivity index (χ4n) is 2.05. The molecule has 1 N–H and O–H groups in total. The summed E-state index contributed by atoms with van der Waals surface area (Å²) in [5.41, 5.74) is 0. The number of piperidine rings is 1. The molecule has 0 bridgehead atoms. The van der Waals surface area contributed by atoms with Crippen LogP contribution >= 0.6 is 0 Å². The van der Waals surface area contributed by atoms with Gasteiger partial charge in [0, 0.05) is 31.5 Å². The molecule has 1 unspecified atom stereocenters. The van der Waals surface area contributed by atoms with Crippen molar-refractivity contribution in [2.75, 3.05) is 19.6 Å². The van der Waals surface area contributed by atoms with E-state index in [1.54, 1.807) is 0 Å². The second-order valence-corrected chi connectivity index (χ2v) is 4.78. The molecular weight excluding hydrogens is 204 g/mol. The highest BCUT2D eigenvalue weighted by Gasteiger charge is 2.26. The molecule has 0 aliphatic carbocycles. The van der Waals surface area contributed by atoms with Crippen LogP contribution in [-0.4, -0.2) is 42.3 Å². The molecule has 0 aromatic carbocycles. The lowest BCUT2D eigenvalue weighted by atomic mass is 9.94. The summed E-state index contributed by atoms with van der Waals surface area (Å²) in [6.45, 7) is 7.81. The Morgan fingerprint density at radius 2 is 2.25 bits per heavy atom. The first-order valence-corrected chi connectivity index (χ1v) is 6.07. The van der Waals surface area contributed by atoms with Crippen LogP contribution in [-0.2, 0) is 9.59 Å². The van der Waals surface area contributed by atoms with Gasteiger partial charge in [0.05, 0.1) is 6.54 Å². The number of amides is 1. The third-order valence-electron chi connectivity index (χ3n) is 2.92. The lowest BCUT2D eigenvalue weighted by Crippen LogP contribution is -2.46. The molecule has 1 aliphatic heterocycles. The van der Waals surface area contributed by atoms with Gasteiger partial charge in [-0.3, -0.25) is 14.5 Å². The number of ketones is 1. The maximum Gasteiger partial charge on any atom is 0.234 e. The monoisotopic (exact) mass is 226 g/mol. The Bertz CT molecular complexity index is 264. The van der Waals surface area contributed by atoms with Crippen molar-refractivity contribution in [1.29, 1.82) is 0 Å². The summed E-state index contributed by atoms with van der Waals surface area (Å²) in [6.07, 6.45) is 1.47. The van der Waals surface area contributed by atoms with Gasteiger partial charge in [-0.25, -0.2) is 0 Å². The highest BCUT2D eigenvalue weighted by molar-refractivity contribution is 5.83. The molecule has 1 fully saturated rings. The van der Waals surface area contributed by atoms with Crippen molar-refractivity contribution < 1.29 is 9.59 Å². The van der Waals surface area contributed by atoms with E-state index in [0.717, 1.165) is 19.5 Å². The summed E-state index contributed by atoms with van der Waals surface area (Å²) in [6, 6.07) is 0.181. The lowest BCUT2D eigenvalue weighted by Gasteiger charge is -2.30. The Morgan fingerprint density at radius 3 is 2.81 bits per heavy atom. The molecule has 1 rings (SSSR count). The van der Waals surface area contributed by atoms with Crippen molar-refractivity contribution in [2.24, 2.45) is 5.92 Å². The lowest BCUT2D eigenvalue weighted by molar-refractivity contribution is -0.129. The zero-order valence-electron chi connectivity index (χ0n) is 10.5. The van der Waals surface area contributed by atoms with Gasteiger partial charge in [-0.1, -0.05) is 6.92 Å². The Morgan fingerprint density at radius 1 is 1.56 bits per heavy atom. The van der Waals surface area contributed by atoms with Gasteiger partial charge in [-0.05, 0) is 20.3 Å². The normalized spacial score (nSPS) is 22.5. The first-order chi connectivity index (χ1) is 7.52. The minimum absolute atomic E-state index is 0.0548. The van der Waals surface area contributed by atoms with Crippen LogP contribution in [0.1, 0.15) is 33.6 Å². The Labute approximate surface area is 97.4 Å². The molecule has 1 atom stereocenters. The quantitative estimate of drug-likeness (QED) is 0.772. The fourth-order valence-corrected chi connectivity index (χ4v) is 2.05. The van der Waals surface area contributed by atoms with E-state index in [-0.39, 0.29) is 17.9 Å². The molecule has 0 aromatic heterocycles. The number of nitrogens with one attached hydrogen (secondary N) is 1. The zero-order valence-corrected chi connectivity index (χ0v) is 10.5. The number of likely N-dealkylation sites (tertiary alicyclic amines) is 1. The standard InChI is InChI=1S/C12H22N2O2/c1-4-10-7-14(6-5-11(10)15)8-12(16)13-9(2)3/h9-10H,4-8H2,1-3H3,(H,13,16). The van der Waals surface area contributed by atoms with Crippen molar-refractivity contribution >= 4 is 11.7 Å². The van der Waals surface area contributed by atoms with Crippen LogP contribution in [0.25, 0.3) is 0 Å². The van der Waals surface area contributed by atoms with Crippen LogP contribution in [0.15, 0.2) is 0 Å². The number of carbonyl (C=O) groups is 2. The summed E-state index contributed by atoms with van der Waals surface area (Å²) in [4.78, 5) is 25.1. The number of carbonyl (C=O) groups excluding carboxylic acids is 2. The van der Waals surface area contributed by atoms with Crippen molar-refractivity contribution in [3.63, 3.8) is 0 Å². The van der Waals surface area contributed by atoms with Gasteiger partial charge in [-0.2, -0.15) is 0 Å².